The van der Waals surface area contributed by atoms with Gasteiger partial charge in [0.25, 0.3) is 0 Å². The molecular formula is C19H22N2. The minimum atomic E-state index is 1.05. The zero-order valence-electron chi connectivity index (χ0n) is 12.9. The van der Waals surface area contributed by atoms with Gasteiger partial charge in [0.15, 0.2) is 0 Å². The third kappa shape index (κ3) is 2.35. The van der Waals surface area contributed by atoms with Crippen LogP contribution in [0.2, 0.25) is 0 Å². The SMILES string of the molecule is C=CN1CCc2cc(-c3cccnc3)c(C)c(CCC)c21. The Labute approximate surface area is 127 Å². The quantitative estimate of drug-likeness (QED) is 0.817. The molecule has 0 saturated carbocycles. The molecule has 21 heavy (non-hydrogen) atoms. The second-order valence-corrected chi connectivity index (χ2v) is 5.65. The van der Waals surface area contributed by atoms with Crippen LogP contribution in [0.1, 0.15) is 30.0 Å². The number of hydrogen-bond acceptors (Lipinski definition) is 2. The molecule has 0 fully saturated rings. The zero-order chi connectivity index (χ0) is 14.8. The number of nitrogens with zero attached hydrogens (tertiary/aromatic N) is 2. The molecule has 0 amide bonds. The summed E-state index contributed by atoms with van der Waals surface area (Å²) in [6.07, 6.45) is 9.14. The van der Waals surface area contributed by atoms with Crippen LogP contribution in [0.15, 0.2) is 43.4 Å². The molecule has 0 aliphatic carbocycles. The Morgan fingerprint density at radius 1 is 1.43 bits per heavy atom. The summed E-state index contributed by atoms with van der Waals surface area (Å²) in [7, 11) is 0. The van der Waals surface area contributed by atoms with Gasteiger partial charge in [-0.3, -0.25) is 4.98 Å². The van der Waals surface area contributed by atoms with Crippen molar-refractivity contribution in [2.75, 3.05) is 11.4 Å². The summed E-state index contributed by atoms with van der Waals surface area (Å²) in [4.78, 5) is 6.58. The monoisotopic (exact) mass is 278 g/mol. The number of hydrogen-bond donors (Lipinski definition) is 0. The van der Waals surface area contributed by atoms with Crippen LogP contribution in [0.3, 0.4) is 0 Å². The Balaban J connectivity index is 2.21. The van der Waals surface area contributed by atoms with Crippen LogP contribution in [0.25, 0.3) is 11.1 Å². The highest BCUT2D eigenvalue weighted by Crippen LogP contribution is 2.39. The number of rotatable bonds is 4. The first-order valence-corrected chi connectivity index (χ1v) is 7.71. The molecule has 1 aromatic carbocycles. The molecule has 2 heteroatoms. The summed E-state index contributed by atoms with van der Waals surface area (Å²) in [5.41, 5.74) is 8.26. The van der Waals surface area contributed by atoms with Crippen molar-refractivity contribution in [3.8, 4) is 11.1 Å². The van der Waals surface area contributed by atoms with Crippen LogP contribution < -0.4 is 4.90 Å². The van der Waals surface area contributed by atoms with Crippen molar-refractivity contribution in [3.05, 3.63) is 60.1 Å². The molecule has 1 aliphatic heterocycles. The first-order valence-electron chi connectivity index (χ1n) is 7.71. The molecule has 0 bridgehead atoms. The Kier molecular flexibility index (Phi) is 3.78. The Morgan fingerprint density at radius 3 is 2.95 bits per heavy atom. The predicted octanol–water partition coefficient (Wildman–Crippen LogP) is 4.52. The van der Waals surface area contributed by atoms with Crippen molar-refractivity contribution in [1.29, 1.82) is 0 Å². The van der Waals surface area contributed by atoms with Crippen molar-refractivity contribution >= 4 is 5.69 Å². The number of benzene rings is 1. The van der Waals surface area contributed by atoms with Crippen LogP contribution in [0.5, 0.6) is 0 Å². The van der Waals surface area contributed by atoms with Gasteiger partial charge in [-0.15, -0.1) is 0 Å². The van der Waals surface area contributed by atoms with Gasteiger partial charge in [0, 0.05) is 30.2 Å². The molecule has 0 unspecified atom stereocenters. The molecule has 0 spiro atoms. The van der Waals surface area contributed by atoms with Gasteiger partial charge in [0.2, 0.25) is 0 Å². The van der Waals surface area contributed by atoms with Crippen LogP contribution in [-0.4, -0.2) is 11.5 Å². The number of pyridine rings is 1. The molecule has 108 valence electrons. The molecule has 0 saturated heterocycles. The van der Waals surface area contributed by atoms with E-state index in [2.05, 4.69) is 42.4 Å². The zero-order valence-corrected chi connectivity index (χ0v) is 12.9. The first-order chi connectivity index (χ1) is 10.3. The van der Waals surface area contributed by atoms with Gasteiger partial charge in [0.05, 0.1) is 0 Å². The molecule has 2 aromatic rings. The lowest BCUT2D eigenvalue weighted by atomic mass is 9.90. The van der Waals surface area contributed by atoms with Gasteiger partial charge in [-0.2, -0.15) is 0 Å². The predicted molar refractivity (Wildman–Crippen MR) is 89.7 cm³/mol. The largest absolute Gasteiger partial charge is 0.348 e. The van der Waals surface area contributed by atoms with Gasteiger partial charge in [0.1, 0.15) is 0 Å². The van der Waals surface area contributed by atoms with Gasteiger partial charge in [-0.25, -0.2) is 0 Å². The van der Waals surface area contributed by atoms with E-state index < -0.39 is 0 Å². The van der Waals surface area contributed by atoms with Crippen molar-refractivity contribution < 1.29 is 0 Å². The van der Waals surface area contributed by atoms with E-state index in [1.807, 2.05) is 24.7 Å². The van der Waals surface area contributed by atoms with Gasteiger partial charge in [-0.1, -0.05) is 26.0 Å². The van der Waals surface area contributed by atoms with E-state index >= 15 is 0 Å². The molecule has 0 radical (unpaired) electrons. The summed E-state index contributed by atoms with van der Waals surface area (Å²) >= 11 is 0. The number of anilines is 1. The highest BCUT2D eigenvalue weighted by molar-refractivity contribution is 5.78. The average Bonchev–Trinajstić information content (AvgIpc) is 2.93. The standard InChI is InChI=1S/C19H22N2/c1-4-7-17-14(3)18(16-8-6-10-20-13-16)12-15-9-11-21(5-2)19(15)17/h5-6,8,10,12-13H,2,4,7,9,11H2,1,3H3. The van der Waals surface area contributed by atoms with Crippen LogP contribution in [0.4, 0.5) is 5.69 Å². The molecule has 2 heterocycles. The molecule has 2 nitrogen and oxygen atoms in total. The topological polar surface area (TPSA) is 16.1 Å². The third-order valence-corrected chi connectivity index (χ3v) is 4.37. The molecule has 1 aromatic heterocycles. The molecule has 3 rings (SSSR count). The molecule has 0 atom stereocenters. The van der Waals surface area contributed by atoms with E-state index in [4.69, 9.17) is 0 Å². The lowest BCUT2D eigenvalue weighted by Gasteiger charge is -2.21. The summed E-state index contributed by atoms with van der Waals surface area (Å²) in [5, 5.41) is 0. The van der Waals surface area contributed by atoms with E-state index in [0.717, 1.165) is 25.8 Å². The van der Waals surface area contributed by atoms with Crippen molar-refractivity contribution in [1.82, 2.24) is 4.98 Å². The fraction of sp³-hybridized carbons (Fsp3) is 0.316. The van der Waals surface area contributed by atoms with Gasteiger partial charge >= 0.3 is 0 Å². The van der Waals surface area contributed by atoms with Gasteiger partial charge in [-0.05, 0) is 60.4 Å². The molecule has 1 aliphatic rings. The molecular weight excluding hydrogens is 256 g/mol. The number of fused-ring (bicyclic) bond motifs is 1. The minimum Gasteiger partial charge on any atom is -0.348 e. The van der Waals surface area contributed by atoms with E-state index in [1.54, 1.807) is 0 Å². The summed E-state index contributed by atoms with van der Waals surface area (Å²) in [6.45, 7) is 9.51. The summed E-state index contributed by atoms with van der Waals surface area (Å²) in [5.74, 6) is 0. The van der Waals surface area contributed by atoms with Crippen molar-refractivity contribution in [2.24, 2.45) is 0 Å². The Hall–Kier alpha value is -2.09. The highest BCUT2D eigenvalue weighted by Gasteiger charge is 2.23. The minimum absolute atomic E-state index is 1.05. The Bertz CT molecular complexity index is 659. The fourth-order valence-electron chi connectivity index (χ4n) is 3.35. The number of aromatic nitrogens is 1. The smallest absolute Gasteiger partial charge is 0.0474 e. The lowest BCUT2D eigenvalue weighted by molar-refractivity contribution is 0.906. The van der Waals surface area contributed by atoms with E-state index in [-0.39, 0.29) is 0 Å². The first kappa shape index (κ1) is 13.9. The normalized spacial score (nSPS) is 13.3. The van der Waals surface area contributed by atoms with E-state index in [9.17, 15) is 0 Å². The Morgan fingerprint density at radius 2 is 2.29 bits per heavy atom. The summed E-state index contributed by atoms with van der Waals surface area (Å²) in [6, 6.07) is 6.51. The average molecular weight is 278 g/mol. The highest BCUT2D eigenvalue weighted by atomic mass is 15.1. The van der Waals surface area contributed by atoms with Crippen molar-refractivity contribution in [2.45, 2.75) is 33.1 Å². The fourth-order valence-corrected chi connectivity index (χ4v) is 3.35. The molecule has 0 N–H and O–H groups in total. The third-order valence-electron chi connectivity index (χ3n) is 4.37. The van der Waals surface area contributed by atoms with E-state index in [1.165, 1.54) is 33.5 Å². The van der Waals surface area contributed by atoms with Crippen LogP contribution in [-0.2, 0) is 12.8 Å². The van der Waals surface area contributed by atoms with Gasteiger partial charge < -0.3 is 4.90 Å². The lowest BCUT2D eigenvalue weighted by Crippen LogP contribution is -2.13. The van der Waals surface area contributed by atoms with Crippen LogP contribution >= 0.6 is 0 Å². The van der Waals surface area contributed by atoms with Crippen LogP contribution in [0, 0.1) is 6.92 Å². The second kappa shape index (κ2) is 5.72. The summed E-state index contributed by atoms with van der Waals surface area (Å²) < 4.78 is 0. The maximum Gasteiger partial charge on any atom is 0.0474 e. The van der Waals surface area contributed by atoms with E-state index in [0.29, 0.717) is 0 Å². The van der Waals surface area contributed by atoms with Crippen molar-refractivity contribution in [3.63, 3.8) is 0 Å². The second-order valence-electron chi connectivity index (χ2n) is 5.65. The maximum absolute atomic E-state index is 4.28. The maximum atomic E-state index is 4.28.